The zero-order valence-corrected chi connectivity index (χ0v) is 16.2. The highest BCUT2D eigenvalue weighted by Gasteiger charge is 2.35. The molecular formula is C22H15ClF3NO3. The van der Waals surface area contributed by atoms with E-state index in [0.29, 0.717) is 5.56 Å². The van der Waals surface area contributed by atoms with Gasteiger partial charge in [-0.2, -0.15) is 13.2 Å². The quantitative estimate of drug-likeness (QED) is 0.560. The average molecular weight is 434 g/mol. The van der Waals surface area contributed by atoms with Crippen LogP contribution in [0.25, 0.3) is 10.8 Å². The molecule has 8 heteroatoms. The summed E-state index contributed by atoms with van der Waals surface area (Å²) in [6.45, 7) is -0.746. The molecule has 4 nitrogen and oxygen atoms in total. The number of hydrogen-bond donors (Lipinski definition) is 1. The van der Waals surface area contributed by atoms with Crippen LogP contribution in [0.3, 0.4) is 0 Å². The molecule has 1 amide bonds. The number of hydrogen-bond acceptors (Lipinski definition) is 3. The minimum Gasteiger partial charge on any atom is -0.452 e. The third-order valence-electron chi connectivity index (χ3n) is 5.01. The van der Waals surface area contributed by atoms with E-state index in [1.807, 2.05) is 24.3 Å². The van der Waals surface area contributed by atoms with Gasteiger partial charge in [-0.1, -0.05) is 41.9 Å². The molecule has 1 aliphatic rings. The van der Waals surface area contributed by atoms with Crippen molar-refractivity contribution in [3.8, 4) is 0 Å². The third kappa shape index (κ3) is 3.73. The number of anilines is 1. The number of amides is 1. The molecule has 30 heavy (non-hydrogen) atoms. The highest BCUT2D eigenvalue weighted by atomic mass is 35.5. The van der Waals surface area contributed by atoms with E-state index in [9.17, 15) is 22.8 Å². The SMILES string of the molecule is O=C(COC(=O)c1ccc2c3c(cccc13)CC2)Nc1c(Cl)cccc1C(F)(F)F. The van der Waals surface area contributed by atoms with Gasteiger partial charge >= 0.3 is 12.1 Å². The maximum absolute atomic E-state index is 13.1. The molecule has 3 aromatic rings. The van der Waals surface area contributed by atoms with Crippen molar-refractivity contribution >= 4 is 39.9 Å². The second-order valence-corrected chi connectivity index (χ2v) is 7.30. The number of para-hydroxylation sites is 1. The van der Waals surface area contributed by atoms with Gasteiger partial charge in [0, 0.05) is 0 Å². The number of aryl methyl sites for hydroxylation is 2. The normalized spacial score (nSPS) is 12.8. The number of ether oxygens (including phenoxy) is 1. The summed E-state index contributed by atoms with van der Waals surface area (Å²) in [5, 5.41) is 3.57. The van der Waals surface area contributed by atoms with Gasteiger partial charge in [0.15, 0.2) is 6.61 Å². The van der Waals surface area contributed by atoms with Crippen LogP contribution in [0, 0.1) is 0 Å². The van der Waals surface area contributed by atoms with E-state index in [4.69, 9.17) is 16.3 Å². The van der Waals surface area contributed by atoms with Gasteiger partial charge in [-0.3, -0.25) is 4.79 Å². The second kappa shape index (κ2) is 7.65. The van der Waals surface area contributed by atoms with E-state index in [-0.39, 0.29) is 5.02 Å². The molecular weight excluding hydrogens is 419 g/mol. The Kier molecular flexibility index (Phi) is 5.15. The number of carbonyl (C=O) groups excluding carboxylic acids is 2. The monoisotopic (exact) mass is 433 g/mol. The Morgan fingerprint density at radius 3 is 2.43 bits per heavy atom. The largest absolute Gasteiger partial charge is 0.452 e. The van der Waals surface area contributed by atoms with Crippen molar-refractivity contribution in [2.45, 2.75) is 19.0 Å². The summed E-state index contributed by atoms with van der Waals surface area (Å²) in [4.78, 5) is 24.7. The number of esters is 1. The summed E-state index contributed by atoms with van der Waals surface area (Å²) in [6.07, 6.45) is -2.91. The molecule has 1 N–H and O–H groups in total. The number of alkyl halides is 3. The molecule has 0 fully saturated rings. The number of halogens is 4. The minimum absolute atomic E-state index is 0.267. The number of benzene rings is 3. The Morgan fingerprint density at radius 2 is 1.70 bits per heavy atom. The first-order valence-corrected chi connectivity index (χ1v) is 9.49. The molecule has 154 valence electrons. The molecule has 0 saturated heterocycles. The van der Waals surface area contributed by atoms with Crippen LogP contribution in [-0.2, 0) is 28.5 Å². The molecule has 0 aliphatic heterocycles. The summed E-state index contributed by atoms with van der Waals surface area (Å²) in [5.74, 6) is -1.65. The van der Waals surface area contributed by atoms with Crippen LogP contribution in [-0.4, -0.2) is 18.5 Å². The molecule has 1 aliphatic carbocycles. The van der Waals surface area contributed by atoms with Gasteiger partial charge in [0.1, 0.15) is 0 Å². The van der Waals surface area contributed by atoms with Crippen molar-refractivity contribution in [3.05, 3.63) is 75.8 Å². The fourth-order valence-electron chi connectivity index (χ4n) is 3.70. The lowest BCUT2D eigenvalue weighted by Crippen LogP contribution is -2.23. The molecule has 0 aromatic heterocycles. The van der Waals surface area contributed by atoms with E-state index >= 15 is 0 Å². The van der Waals surface area contributed by atoms with E-state index in [0.717, 1.165) is 46.9 Å². The average Bonchev–Trinajstić information content (AvgIpc) is 3.12. The van der Waals surface area contributed by atoms with Crippen molar-refractivity contribution in [2.24, 2.45) is 0 Å². The van der Waals surface area contributed by atoms with Crippen LogP contribution in [0.2, 0.25) is 5.02 Å². The van der Waals surface area contributed by atoms with Gasteiger partial charge in [0.05, 0.1) is 21.8 Å². The van der Waals surface area contributed by atoms with Crippen LogP contribution >= 0.6 is 11.6 Å². The van der Waals surface area contributed by atoms with Crippen LogP contribution in [0.5, 0.6) is 0 Å². The Bertz CT molecular complexity index is 1160. The first kappa shape index (κ1) is 20.2. The number of nitrogens with one attached hydrogen (secondary N) is 1. The second-order valence-electron chi connectivity index (χ2n) is 6.90. The Labute approximate surface area is 174 Å². The van der Waals surface area contributed by atoms with E-state index in [1.54, 1.807) is 6.07 Å². The summed E-state index contributed by atoms with van der Waals surface area (Å²) >= 11 is 5.82. The number of rotatable bonds is 4. The summed E-state index contributed by atoms with van der Waals surface area (Å²) < 4.78 is 44.5. The fourth-order valence-corrected chi connectivity index (χ4v) is 3.92. The summed E-state index contributed by atoms with van der Waals surface area (Å²) in [5.41, 5.74) is 0.945. The van der Waals surface area contributed by atoms with E-state index in [1.165, 1.54) is 6.07 Å². The highest BCUT2D eigenvalue weighted by Crippen LogP contribution is 2.38. The predicted octanol–water partition coefficient (Wildman–Crippen LogP) is 5.41. The summed E-state index contributed by atoms with van der Waals surface area (Å²) in [6, 6.07) is 12.3. The number of carbonyl (C=O) groups is 2. The zero-order chi connectivity index (χ0) is 21.5. The predicted molar refractivity (Wildman–Crippen MR) is 107 cm³/mol. The topological polar surface area (TPSA) is 55.4 Å². The highest BCUT2D eigenvalue weighted by molar-refractivity contribution is 6.34. The molecule has 0 atom stereocenters. The van der Waals surface area contributed by atoms with Crippen molar-refractivity contribution in [3.63, 3.8) is 0 Å². The lowest BCUT2D eigenvalue weighted by Gasteiger charge is -2.15. The maximum atomic E-state index is 13.1. The molecule has 4 rings (SSSR count). The van der Waals surface area contributed by atoms with Crippen LogP contribution in [0.4, 0.5) is 18.9 Å². The van der Waals surface area contributed by atoms with Crippen LogP contribution in [0.15, 0.2) is 48.5 Å². The van der Waals surface area contributed by atoms with E-state index < -0.39 is 35.9 Å². The molecule has 0 spiro atoms. The first-order chi connectivity index (χ1) is 14.3. The van der Waals surface area contributed by atoms with Gasteiger partial charge in [-0.15, -0.1) is 0 Å². The van der Waals surface area contributed by atoms with Gasteiger partial charge in [-0.25, -0.2) is 4.79 Å². The standard InChI is InChI=1S/C22H15ClF3NO3/c23-17-6-2-5-16(22(24,25)26)20(17)27-18(28)11-30-21(29)15-10-9-13-8-7-12-3-1-4-14(15)19(12)13/h1-6,9-10H,7-8,11H2,(H,27,28). The van der Waals surface area contributed by atoms with Gasteiger partial charge < -0.3 is 10.1 Å². The third-order valence-corrected chi connectivity index (χ3v) is 5.33. The molecule has 0 unspecified atom stereocenters. The van der Waals surface area contributed by atoms with Crippen molar-refractivity contribution in [2.75, 3.05) is 11.9 Å². The zero-order valence-electron chi connectivity index (χ0n) is 15.5. The summed E-state index contributed by atoms with van der Waals surface area (Å²) in [7, 11) is 0. The molecule has 0 heterocycles. The fraction of sp³-hybridized carbons (Fsp3) is 0.182. The lowest BCUT2D eigenvalue weighted by molar-refractivity contribution is -0.137. The lowest BCUT2D eigenvalue weighted by atomic mass is 10.00. The smallest absolute Gasteiger partial charge is 0.418 e. The van der Waals surface area contributed by atoms with Crippen LogP contribution < -0.4 is 5.32 Å². The van der Waals surface area contributed by atoms with E-state index in [2.05, 4.69) is 5.32 Å². The van der Waals surface area contributed by atoms with Crippen LogP contribution in [0.1, 0.15) is 27.0 Å². The van der Waals surface area contributed by atoms with Gasteiger partial charge in [0.25, 0.3) is 5.91 Å². The molecule has 0 saturated carbocycles. The maximum Gasteiger partial charge on any atom is 0.418 e. The molecule has 3 aromatic carbocycles. The minimum atomic E-state index is -4.70. The van der Waals surface area contributed by atoms with Crippen molar-refractivity contribution in [1.82, 2.24) is 0 Å². The Balaban J connectivity index is 1.50. The van der Waals surface area contributed by atoms with Crippen molar-refractivity contribution < 1.29 is 27.5 Å². The Hall–Kier alpha value is -3.06. The molecule has 0 radical (unpaired) electrons. The molecule has 0 bridgehead atoms. The van der Waals surface area contributed by atoms with Gasteiger partial charge in [-0.05, 0) is 52.9 Å². The Morgan fingerprint density at radius 1 is 1.00 bits per heavy atom. The first-order valence-electron chi connectivity index (χ1n) is 9.12. The van der Waals surface area contributed by atoms with Crippen molar-refractivity contribution in [1.29, 1.82) is 0 Å². The van der Waals surface area contributed by atoms with Gasteiger partial charge in [0.2, 0.25) is 0 Å².